The Bertz CT molecular complexity index is 2260. The summed E-state index contributed by atoms with van der Waals surface area (Å²) >= 11 is 7.10. The van der Waals surface area contributed by atoms with Crippen LogP contribution < -0.4 is 5.32 Å². The van der Waals surface area contributed by atoms with Gasteiger partial charge in [0.2, 0.25) is 0 Å². The van der Waals surface area contributed by atoms with Crippen LogP contribution in [0.15, 0.2) is 60.9 Å². The molecule has 1 amide bonds. The van der Waals surface area contributed by atoms with Crippen LogP contribution in [0.3, 0.4) is 0 Å². The maximum absolute atomic E-state index is 13.8. The van der Waals surface area contributed by atoms with E-state index in [1.54, 1.807) is 0 Å². The first-order valence-corrected chi connectivity index (χ1v) is 20.6. The minimum Gasteiger partial charge on any atom is -0.481 e. The number of carbonyl (C=O) groups is 2. The topological polar surface area (TPSA) is 116 Å². The summed E-state index contributed by atoms with van der Waals surface area (Å²) in [6.07, 6.45) is 11.2. The number of pyridine rings is 2. The lowest BCUT2D eigenvalue weighted by molar-refractivity contribution is -0.143. The Kier molecular flexibility index (Phi) is 11.2. The van der Waals surface area contributed by atoms with Gasteiger partial charge in [0.15, 0.2) is 5.82 Å². The van der Waals surface area contributed by atoms with Crippen LogP contribution in [0.4, 0.5) is 5.69 Å². The SMILES string of the molecule is Cc1c(Cc2nccc3cc(CN4CC[C@@H](C)C4)cnc23)cccc1-c1cccc(NC(=O)c2nc3c(n2C)CCN(CCC2CCC(C(=O)O)CC2)C3)c1Cl. The summed E-state index contributed by atoms with van der Waals surface area (Å²) in [5, 5.41) is 14.0. The Labute approximate surface area is 334 Å². The van der Waals surface area contributed by atoms with Gasteiger partial charge in [-0.2, -0.15) is 0 Å². The fourth-order valence-corrected chi connectivity index (χ4v) is 9.48. The summed E-state index contributed by atoms with van der Waals surface area (Å²) in [5.74, 6) is 0.571. The number of imidazole rings is 1. The van der Waals surface area contributed by atoms with Crippen molar-refractivity contribution in [1.82, 2.24) is 29.3 Å². The number of amides is 1. The molecule has 3 aliphatic rings. The van der Waals surface area contributed by atoms with Gasteiger partial charge in [0.1, 0.15) is 0 Å². The number of nitrogens with zero attached hydrogens (tertiary/aromatic N) is 6. The molecule has 0 spiro atoms. The van der Waals surface area contributed by atoms with Gasteiger partial charge in [0.25, 0.3) is 5.91 Å². The summed E-state index contributed by atoms with van der Waals surface area (Å²) in [5.41, 5.74) is 9.77. The lowest BCUT2D eigenvalue weighted by atomic mass is 9.80. The molecule has 3 aromatic heterocycles. The highest BCUT2D eigenvalue weighted by atomic mass is 35.5. The van der Waals surface area contributed by atoms with Crippen LogP contribution in [0.5, 0.6) is 0 Å². The molecule has 0 radical (unpaired) electrons. The quantitative estimate of drug-likeness (QED) is 0.138. The van der Waals surface area contributed by atoms with Gasteiger partial charge in [-0.05, 0) is 111 Å². The van der Waals surface area contributed by atoms with Gasteiger partial charge >= 0.3 is 5.97 Å². The van der Waals surface area contributed by atoms with Crippen LogP contribution in [0, 0.1) is 24.7 Å². The number of carboxylic acids is 1. The minimum absolute atomic E-state index is 0.181. The van der Waals surface area contributed by atoms with Crippen molar-refractivity contribution < 1.29 is 14.7 Å². The Hall–Kier alpha value is -4.64. The van der Waals surface area contributed by atoms with Gasteiger partial charge in [0.05, 0.1) is 33.5 Å². The Morgan fingerprint density at radius 2 is 1.79 bits per heavy atom. The van der Waals surface area contributed by atoms with Crippen LogP contribution >= 0.6 is 11.6 Å². The lowest BCUT2D eigenvalue weighted by Gasteiger charge is -2.30. The first-order valence-electron chi connectivity index (χ1n) is 20.2. The van der Waals surface area contributed by atoms with Crippen molar-refractivity contribution in [3.05, 3.63) is 106 Å². The molecular formula is C45H52ClN7O3. The molecule has 1 aliphatic carbocycles. The first-order chi connectivity index (χ1) is 27.1. The molecule has 10 nitrogen and oxygen atoms in total. The number of anilines is 1. The van der Waals surface area contributed by atoms with Gasteiger partial charge in [-0.15, -0.1) is 0 Å². The van der Waals surface area contributed by atoms with Crippen LogP contribution in [0.25, 0.3) is 22.0 Å². The van der Waals surface area contributed by atoms with Crippen LogP contribution in [0.1, 0.15) is 89.8 Å². The molecule has 5 aromatic rings. The maximum atomic E-state index is 13.8. The summed E-state index contributed by atoms with van der Waals surface area (Å²) in [7, 11) is 1.92. The number of aliphatic carboxylic acids is 1. The summed E-state index contributed by atoms with van der Waals surface area (Å²) in [6, 6.07) is 16.3. The van der Waals surface area contributed by atoms with E-state index >= 15 is 0 Å². The maximum Gasteiger partial charge on any atom is 0.306 e. The first kappa shape index (κ1) is 38.2. The highest BCUT2D eigenvalue weighted by molar-refractivity contribution is 6.36. The van der Waals surface area contributed by atoms with Crippen molar-refractivity contribution in [3.63, 3.8) is 0 Å². The standard InChI is InChI=1S/C45H52ClN7O3/c1-28-15-19-53(25-28)26-31-22-34-14-18-47-38(42(34)48-24-31)23-33-6-4-7-35(29(33)2)36-8-5-9-37(41(36)46)50-44(54)43-49-39-27-52(21-17-40(39)51(43)3)20-16-30-10-12-32(13-11-30)45(55)56/h4-9,14,18,22,24,28,30,32H,10-13,15-17,19-21,23,25-27H2,1-3H3,(H,50,54)(H,55,56)/t28-,30?,32?/m1/s1. The van der Waals surface area contributed by atoms with Crippen LogP contribution in [-0.4, -0.2) is 72.5 Å². The summed E-state index contributed by atoms with van der Waals surface area (Å²) < 4.78 is 1.92. The van der Waals surface area contributed by atoms with Gasteiger partial charge in [0, 0.05) is 75.1 Å². The van der Waals surface area contributed by atoms with Crippen molar-refractivity contribution in [2.75, 3.05) is 31.5 Å². The average Bonchev–Trinajstić information content (AvgIpc) is 3.76. The molecule has 56 heavy (non-hydrogen) atoms. The van der Waals surface area contributed by atoms with Crippen LogP contribution in [0.2, 0.25) is 5.02 Å². The molecule has 2 fully saturated rings. The summed E-state index contributed by atoms with van der Waals surface area (Å²) in [6.45, 7) is 10.2. The third-order valence-electron chi connectivity index (χ3n) is 12.6. The second-order valence-corrected chi connectivity index (χ2v) is 16.8. The van der Waals surface area contributed by atoms with E-state index in [0.717, 1.165) is 127 Å². The highest BCUT2D eigenvalue weighted by Crippen LogP contribution is 2.37. The van der Waals surface area contributed by atoms with E-state index in [1.807, 2.05) is 42.2 Å². The zero-order valence-corrected chi connectivity index (χ0v) is 33.5. The Morgan fingerprint density at radius 1 is 0.982 bits per heavy atom. The number of hydrogen-bond donors (Lipinski definition) is 2. The third-order valence-corrected chi connectivity index (χ3v) is 13.0. The normalized spacial score (nSPS) is 20.3. The Balaban J connectivity index is 0.941. The molecule has 1 saturated carbocycles. The van der Waals surface area contributed by atoms with Crippen molar-refractivity contribution in [1.29, 1.82) is 0 Å². The largest absolute Gasteiger partial charge is 0.481 e. The van der Waals surface area contributed by atoms with E-state index in [-0.39, 0.29) is 11.8 Å². The minimum atomic E-state index is -0.655. The van der Waals surface area contributed by atoms with E-state index < -0.39 is 5.97 Å². The van der Waals surface area contributed by atoms with Gasteiger partial charge < -0.3 is 15.0 Å². The number of benzene rings is 2. The van der Waals surface area contributed by atoms with E-state index in [2.05, 4.69) is 59.3 Å². The number of fused-ring (bicyclic) bond motifs is 2. The van der Waals surface area contributed by atoms with Gasteiger partial charge in [-0.1, -0.05) is 48.9 Å². The van der Waals surface area contributed by atoms with Gasteiger partial charge in [-0.3, -0.25) is 29.4 Å². The molecule has 1 saturated heterocycles. The zero-order valence-electron chi connectivity index (χ0n) is 32.7. The van der Waals surface area contributed by atoms with E-state index in [1.165, 1.54) is 12.0 Å². The number of rotatable bonds is 11. The molecule has 1 atom stereocenters. The number of likely N-dealkylation sites (tertiary alicyclic amines) is 1. The number of carbonyl (C=O) groups excluding carboxylic acids is 1. The van der Waals surface area contributed by atoms with Crippen molar-refractivity contribution in [3.8, 4) is 11.1 Å². The highest BCUT2D eigenvalue weighted by Gasteiger charge is 2.29. The predicted molar refractivity (Wildman–Crippen MR) is 221 cm³/mol. The molecule has 5 heterocycles. The number of carboxylic acid groups (broad SMARTS) is 1. The number of halogens is 1. The second-order valence-electron chi connectivity index (χ2n) is 16.4. The molecule has 292 valence electrons. The smallest absolute Gasteiger partial charge is 0.306 e. The van der Waals surface area contributed by atoms with Crippen molar-refractivity contribution >= 4 is 40.1 Å². The van der Waals surface area contributed by atoms with Crippen molar-refractivity contribution in [2.45, 2.75) is 78.3 Å². The van der Waals surface area contributed by atoms with Gasteiger partial charge in [-0.25, -0.2) is 4.98 Å². The zero-order chi connectivity index (χ0) is 38.9. The number of aromatic nitrogens is 4. The Morgan fingerprint density at radius 3 is 2.57 bits per heavy atom. The predicted octanol–water partition coefficient (Wildman–Crippen LogP) is 8.32. The molecule has 2 N–H and O–H groups in total. The summed E-state index contributed by atoms with van der Waals surface area (Å²) in [4.78, 5) is 44.6. The molecule has 2 aromatic carbocycles. The third kappa shape index (κ3) is 8.10. The van der Waals surface area contributed by atoms with E-state index in [0.29, 0.717) is 35.4 Å². The average molecular weight is 774 g/mol. The van der Waals surface area contributed by atoms with Crippen LogP contribution in [-0.2, 0) is 37.8 Å². The monoisotopic (exact) mass is 773 g/mol. The van der Waals surface area contributed by atoms with E-state index in [4.69, 9.17) is 26.6 Å². The molecule has 2 aliphatic heterocycles. The number of nitrogens with one attached hydrogen (secondary N) is 1. The number of hydrogen-bond acceptors (Lipinski definition) is 7. The molecular weight excluding hydrogens is 722 g/mol. The second kappa shape index (κ2) is 16.5. The molecule has 8 rings (SSSR count). The lowest BCUT2D eigenvalue weighted by Crippen LogP contribution is -2.33. The fraction of sp³-hybridized carbons (Fsp3) is 0.444. The van der Waals surface area contributed by atoms with E-state index in [9.17, 15) is 14.7 Å². The molecule has 0 unspecified atom stereocenters. The molecule has 11 heteroatoms. The molecule has 0 bridgehead atoms. The van der Waals surface area contributed by atoms with Crippen molar-refractivity contribution in [2.24, 2.45) is 24.8 Å². The fourth-order valence-electron chi connectivity index (χ4n) is 9.21.